The Kier molecular flexibility index (Phi) is 5.92. The number of benzene rings is 1. The number of carbonyl (C=O) groups is 2. The molecule has 2 amide bonds. The van der Waals surface area contributed by atoms with Crippen molar-refractivity contribution in [3.8, 4) is 0 Å². The maximum absolute atomic E-state index is 12.4. The SMILES string of the molecule is O=C(Cc1ccccc1Cl)NCC1CCC2(CCN(C(=O)c3ccoc3)CC2)O1. The third kappa shape index (κ3) is 4.65. The van der Waals surface area contributed by atoms with Crippen molar-refractivity contribution in [2.45, 2.75) is 43.8 Å². The first kappa shape index (κ1) is 20.0. The number of likely N-dealkylation sites (tertiary alicyclic amines) is 1. The van der Waals surface area contributed by atoms with Crippen molar-refractivity contribution in [1.29, 1.82) is 0 Å². The van der Waals surface area contributed by atoms with Crippen molar-refractivity contribution < 1.29 is 18.7 Å². The lowest BCUT2D eigenvalue weighted by Gasteiger charge is -2.39. The first-order valence-electron chi connectivity index (χ1n) is 10.0. The van der Waals surface area contributed by atoms with Gasteiger partial charge < -0.3 is 19.4 Å². The average molecular weight is 417 g/mol. The zero-order chi connectivity index (χ0) is 20.3. The van der Waals surface area contributed by atoms with Crippen LogP contribution in [-0.4, -0.2) is 48.1 Å². The summed E-state index contributed by atoms with van der Waals surface area (Å²) in [5.41, 5.74) is 1.24. The summed E-state index contributed by atoms with van der Waals surface area (Å²) in [6, 6.07) is 9.07. The standard InChI is InChI=1S/C22H25ClN2O4/c23-19-4-2-1-3-16(19)13-20(26)24-14-18-5-7-22(29-18)8-10-25(11-9-22)21(27)17-6-12-28-15-17/h1-4,6,12,15,18H,5,7-11,13-14H2,(H,24,26). The van der Waals surface area contributed by atoms with Crippen molar-refractivity contribution in [2.75, 3.05) is 19.6 Å². The van der Waals surface area contributed by atoms with Gasteiger partial charge in [-0.25, -0.2) is 0 Å². The molecule has 0 aliphatic carbocycles. The highest BCUT2D eigenvalue weighted by atomic mass is 35.5. The Hall–Kier alpha value is -2.31. The summed E-state index contributed by atoms with van der Waals surface area (Å²) in [5.74, 6) is -0.0434. The van der Waals surface area contributed by atoms with Crippen LogP contribution in [0.4, 0.5) is 0 Å². The monoisotopic (exact) mass is 416 g/mol. The molecule has 2 aliphatic heterocycles. The lowest BCUT2D eigenvalue weighted by atomic mass is 9.88. The zero-order valence-corrected chi connectivity index (χ0v) is 17.0. The number of hydrogen-bond acceptors (Lipinski definition) is 4. The predicted molar refractivity (Wildman–Crippen MR) is 109 cm³/mol. The van der Waals surface area contributed by atoms with Crippen LogP contribution in [0.1, 0.15) is 41.6 Å². The quantitative estimate of drug-likeness (QED) is 0.810. The molecule has 1 atom stereocenters. The van der Waals surface area contributed by atoms with Gasteiger partial charge in [-0.05, 0) is 43.4 Å². The molecule has 0 radical (unpaired) electrons. The van der Waals surface area contributed by atoms with Crippen LogP contribution in [0.2, 0.25) is 5.02 Å². The molecule has 0 saturated carbocycles. The van der Waals surface area contributed by atoms with E-state index in [1.165, 1.54) is 12.5 Å². The Bertz CT molecular complexity index is 859. The van der Waals surface area contributed by atoms with Crippen LogP contribution in [0.25, 0.3) is 0 Å². The van der Waals surface area contributed by atoms with Gasteiger partial charge in [-0.1, -0.05) is 29.8 Å². The number of nitrogens with one attached hydrogen (secondary N) is 1. The zero-order valence-electron chi connectivity index (χ0n) is 16.2. The Morgan fingerprint density at radius 2 is 1.97 bits per heavy atom. The van der Waals surface area contributed by atoms with Gasteiger partial charge in [0.25, 0.3) is 5.91 Å². The van der Waals surface area contributed by atoms with Gasteiger partial charge in [0.05, 0.1) is 30.0 Å². The number of ether oxygens (including phenoxy) is 1. The molecule has 1 N–H and O–H groups in total. The van der Waals surface area contributed by atoms with Crippen LogP contribution < -0.4 is 5.32 Å². The molecule has 1 unspecified atom stereocenters. The molecule has 7 heteroatoms. The molecule has 154 valence electrons. The van der Waals surface area contributed by atoms with E-state index in [9.17, 15) is 9.59 Å². The summed E-state index contributed by atoms with van der Waals surface area (Å²) >= 11 is 6.12. The predicted octanol–water partition coefficient (Wildman–Crippen LogP) is 3.45. The molecule has 4 rings (SSSR count). The molecule has 2 saturated heterocycles. The van der Waals surface area contributed by atoms with Crippen LogP contribution in [0, 0.1) is 0 Å². The van der Waals surface area contributed by atoms with Crippen molar-refractivity contribution >= 4 is 23.4 Å². The lowest BCUT2D eigenvalue weighted by Crippen LogP contribution is -2.47. The lowest BCUT2D eigenvalue weighted by molar-refractivity contribution is -0.122. The van der Waals surface area contributed by atoms with Gasteiger partial charge in [-0.3, -0.25) is 9.59 Å². The second-order valence-electron chi connectivity index (χ2n) is 7.84. The first-order valence-corrected chi connectivity index (χ1v) is 10.4. The van der Waals surface area contributed by atoms with Gasteiger partial charge in [0.2, 0.25) is 5.91 Å². The van der Waals surface area contributed by atoms with E-state index in [2.05, 4.69) is 5.32 Å². The maximum atomic E-state index is 12.4. The topological polar surface area (TPSA) is 71.8 Å². The third-order valence-corrected chi connectivity index (χ3v) is 6.27. The van der Waals surface area contributed by atoms with E-state index in [0.29, 0.717) is 30.2 Å². The highest BCUT2D eigenvalue weighted by molar-refractivity contribution is 6.31. The molecule has 1 aromatic carbocycles. The van der Waals surface area contributed by atoms with Gasteiger partial charge in [-0.2, -0.15) is 0 Å². The van der Waals surface area contributed by atoms with Gasteiger partial charge in [0, 0.05) is 24.7 Å². The van der Waals surface area contributed by atoms with E-state index < -0.39 is 0 Å². The summed E-state index contributed by atoms with van der Waals surface area (Å²) in [6.45, 7) is 1.86. The first-order chi connectivity index (χ1) is 14.0. The van der Waals surface area contributed by atoms with Crippen molar-refractivity contribution in [3.05, 3.63) is 59.0 Å². The molecule has 2 aromatic rings. The largest absolute Gasteiger partial charge is 0.472 e. The average Bonchev–Trinajstić information content (AvgIpc) is 3.39. The number of amides is 2. The number of halogens is 1. The Labute approximate surface area is 175 Å². The maximum Gasteiger partial charge on any atom is 0.257 e. The minimum absolute atomic E-state index is 0.00924. The molecule has 1 aromatic heterocycles. The van der Waals surface area contributed by atoms with E-state index in [4.69, 9.17) is 20.8 Å². The molecule has 1 spiro atoms. The third-order valence-electron chi connectivity index (χ3n) is 5.90. The smallest absolute Gasteiger partial charge is 0.257 e. The molecular weight excluding hydrogens is 392 g/mol. The second kappa shape index (κ2) is 8.59. The highest BCUT2D eigenvalue weighted by Crippen LogP contribution is 2.39. The van der Waals surface area contributed by atoms with E-state index in [1.54, 1.807) is 12.1 Å². The fourth-order valence-corrected chi connectivity index (χ4v) is 4.40. The van der Waals surface area contributed by atoms with Crippen molar-refractivity contribution in [3.63, 3.8) is 0 Å². The van der Waals surface area contributed by atoms with Gasteiger partial charge >= 0.3 is 0 Å². The van der Waals surface area contributed by atoms with Gasteiger partial charge in [0.15, 0.2) is 0 Å². The summed E-state index contributed by atoms with van der Waals surface area (Å²) < 4.78 is 11.3. The summed E-state index contributed by atoms with van der Waals surface area (Å²) in [4.78, 5) is 26.5. The number of nitrogens with zero attached hydrogens (tertiary/aromatic N) is 1. The minimum Gasteiger partial charge on any atom is -0.472 e. The fraction of sp³-hybridized carbons (Fsp3) is 0.455. The minimum atomic E-state index is -0.175. The number of carbonyl (C=O) groups excluding carboxylic acids is 2. The van der Waals surface area contributed by atoms with Crippen LogP contribution in [-0.2, 0) is 16.0 Å². The van der Waals surface area contributed by atoms with Crippen LogP contribution in [0.15, 0.2) is 47.3 Å². The molecule has 2 aliphatic rings. The van der Waals surface area contributed by atoms with E-state index in [-0.39, 0.29) is 29.9 Å². The normalized spacial score (nSPS) is 20.7. The summed E-state index contributed by atoms with van der Waals surface area (Å²) in [6.07, 6.45) is 6.81. The second-order valence-corrected chi connectivity index (χ2v) is 8.25. The summed E-state index contributed by atoms with van der Waals surface area (Å²) in [5, 5.41) is 3.58. The van der Waals surface area contributed by atoms with Crippen molar-refractivity contribution in [1.82, 2.24) is 10.2 Å². The van der Waals surface area contributed by atoms with Crippen molar-refractivity contribution in [2.24, 2.45) is 0 Å². The van der Waals surface area contributed by atoms with Gasteiger partial charge in [0.1, 0.15) is 6.26 Å². The molecule has 29 heavy (non-hydrogen) atoms. The highest BCUT2D eigenvalue weighted by Gasteiger charge is 2.43. The van der Waals surface area contributed by atoms with Crippen LogP contribution in [0.3, 0.4) is 0 Å². The summed E-state index contributed by atoms with van der Waals surface area (Å²) in [7, 11) is 0. The van der Waals surface area contributed by atoms with E-state index in [0.717, 1.165) is 31.2 Å². The number of rotatable bonds is 5. The number of furan rings is 1. The van der Waals surface area contributed by atoms with Gasteiger partial charge in [-0.15, -0.1) is 0 Å². The van der Waals surface area contributed by atoms with Crippen LogP contribution >= 0.6 is 11.6 Å². The van der Waals surface area contributed by atoms with E-state index >= 15 is 0 Å². The number of hydrogen-bond donors (Lipinski definition) is 1. The molecule has 2 fully saturated rings. The number of piperidine rings is 1. The fourth-order valence-electron chi connectivity index (χ4n) is 4.20. The molecule has 0 bridgehead atoms. The Morgan fingerprint density at radius 1 is 1.17 bits per heavy atom. The molecular formula is C22H25ClN2O4. The molecule has 3 heterocycles. The Morgan fingerprint density at radius 3 is 2.69 bits per heavy atom. The van der Waals surface area contributed by atoms with E-state index in [1.807, 2.05) is 23.1 Å². The Balaban J connectivity index is 1.23. The molecule has 6 nitrogen and oxygen atoms in total. The van der Waals surface area contributed by atoms with Crippen LogP contribution in [0.5, 0.6) is 0 Å².